The summed E-state index contributed by atoms with van der Waals surface area (Å²) in [4.78, 5) is 3.87. The van der Waals surface area contributed by atoms with E-state index in [9.17, 15) is 15.8 Å². The quantitative estimate of drug-likeness (QED) is 0.123. The number of thiophene rings is 1. The van der Waals surface area contributed by atoms with E-state index in [1.54, 1.807) is 37.5 Å². The summed E-state index contributed by atoms with van der Waals surface area (Å²) in [7, 11) is 1.66. The predicted molar refractivity (Wildman–Crippen MR) is 193 cm³/mol. The van der Waals surface area contributed by atoms with Crippen molar-refractivity contribution in [1.29, 1.82) is 15.8 Å². The first-order valence-electron chi connectivity index (χ1n) is 16.2. The second-order valence-electron chi connectivity index (χ2n) is 11.4. The van der Waals surface area contributed by atoms with Crippen molar-refractivity contribution in [3.05, 3.63) is 122 Å². The lowest BCUT2D eigenvalue weighted by molar-refractivity contribution is -0.249. The van der Waals surface area contributed by atoms with Crippen LogP contribution < -0.4 is 9.64 Å². The molecule has 0 N–H and O–H groups in total. The fourth-order valence-electron chi connectivity index (χ4n) is 5.56. The maximum Gasteiger partial charge on any atom is 0.437 e. The van der Waals surface area contributed by atoms with Gasteiger partial charge < -0.3 is 14.4 Å². The van der Waals surface area contributed by atoms with Gasteiger partial charge in [-0.2, -0.15) is 29.0 Å². The first-order chi connectivity index (χ1) is 24.2. The lowest BCUT2D eigenvalue weighted by Gasteiger charge is -2.33. The van der Waals surface area contributed by atoms with Crippen LogP contribution in [0.25, 0.3) is 18.2 Å². The summed E-state index contributed by atoms with van der Waals surface area (Å²) >= 11 is 1.33. The molecule has 6 nitrogen and oxygen atoms in total. The van der Waals surface area contributed by atoms with E-state index in [-0.39, 0.29) is 5.56 Å². The molecule has 1 unspecified atom stereocenters. The number of ether oxygens (including phenoxy) is 2. The summed E-state index contributed by atoms with van der Waals surface area (Å²) in [6.45, 7) is 6.37. The van der Waals surface area contributed by atoms with Crippen LogP contribution in [0.2, 0.25) is 0 Å². The number of rotatable bonds is 14. The fourth-order valence-corrected chi connectivity index (χ4v) is 6.39. The molecule has 0 bridgehead atoms. The molecule has 3 aromatic rings. The summed E-state index contributed by atoms with van der Waals surface area (Å²) in [6, 6.07) is 21.5. The zero-order chi connectivity index (χ0) is 36.1. The number of benzene rings is 2. The number of alkyl halides is 3. The number of unbranched alkanes of at least 4 members (excludes halogenated alkanes) is 2. The molecule has 1 aliphatic rings. The molecule has 1 atom stereocenters. The third-order valence-electron chi connectivity index (χ3n) is 8.13. The highest BCUT2D eigenvalue weighted by molar-refractivity contribution is 7.13. The summed E-state index contributed by atoms with van der Waals surface area (Å²) in [5.74, 6) is 0.0761. The summed E-state index contributed by atoms with van der Waals surface area (Å²) in [6.07, 6.45) is 9.70. The molecule has 1 aromatic heterocycles. The first-order valence-corrected chi connectivity index (χ1v) is 17.1. The lowest BCUT2D eigenvalue weighted by Crippen LogP contribution is -2.43. The molecule has 50 heavy (non-hydrogen) atoms. The molecule has 256 valence electrons. The van der Waals surface area contributed by atoms with Gasteiger partial charge in [0.15, 0.2) is 11.3 Å². The number of hydrogen-bond acceptors (Lipinski definition) is 7. The number of nitrogens with zero attached hydrogens (tertiary/aromatic N) is 4. The molecule has 0 spiro atoms. The van der Waals surface area contributed by atoms with Crippen LogP contribution in [0, 0.1) is 34.0 Å². The Morgan fingerprint density at radius 3 is 2.10 bits per heavy atom. The molecule has 0 saturated carbocycles. The van der Waals surface area contributed by atoms with Crippen molar-refractivity contribution in [3.8, 4) is 24.0 Å². The van der Waals surface area contributed by atoms with Gasteiger partial charge in [0.1, 0.15) is 29.5 Å². The van der Waals surface area contributed by atoms with E-state index in [2.05, 4.69) is 30.9 Å². The number of nitriles is 3. The average Bonchev–Trinajstić information content (AvgIpc) is 3.72. The lowest BCUT2D eigenvalue weighted by atomic mass is 9.84. The number of methoxy groups -OCH3 is 1. The van der Waals surface area contributed by atoms with E-state index in [0.29, 0.717) is 4.88 Å². The second kappa shape index (κ2) is 17.2. The average molecular weight is 695 g/mol. The molecular weight excluding hydrogens is 658 g/mol. The van der Waals surface area contributed by atoms with Crippen molar-refractivity contribution >= 4 is 35.3 Å². The van der Waals surface area contributed by atoms with Crippen LogP contribution in [0.5, 0.6) is 5.75 Å². The van der Waals surface area contributed by atoms with Crippen LogP contribution in [0.3, 0.4) is 0 Å². The molecule has 0 fully saturated rings. The van der Waals surface area contributed by atoms with Gasteiger partial charge in [-0.1, -0.05) is 81.3 Å². The third kappa shape index (κ3) is 8.20. The molecule has 0 amide bonds. The van der Waals surface area contributed by atoms with Gasteiger partial charge in [-0.05, 0) is 49.3 Å². The molecule has 4 rings (SSSR count). The minimum Gasteiger partial charge on any atom is -0.496 e. The Balaban J connectivity index is 1.60. The van der Waals surface area contributed by atoms with Crippen LogP contribution >= 0.6 is 11.3 Å². The smallest absolute Gasteiger partial charge is 0.437 e. The fraction of sp³-hybridized carbons (Fsp3) is 0.275. The largest absolute Gasteiger partial charge is 0.496 e. The van der Waals surface area contributed by atoms with Crippen LogP contribution in [-0.4, -0.2) is 26.4 Å². The van der Waals surface area contributed by atoms with Crippen molar-refractivity contribution in [2.75, 3.05) is 25.1 Å². The van der Waals surface area contributed by atoms with Crippen molar-refractivity contribution < 1.29 is 22.6 Å². The summed E-state index contributed by atoms with van der Waals surface area (Å²) < 4.78 is 56.2. The summed E-state index contributed by atoms with van der Waals surface area (Å²) in [5, 5.41) is 28.9. The van der Waals surface area contributed by atoms with Crippen molar-refractivity contribution in [2.24, 2.45) is 0 Å². The Bertz CT molecular complexity index is 1910. The van der Waals surface area contributed by atoms with Gasteiger partial charge in [-0.3, -0.25) is 0 Å². The molecule has 0 aliphatic carbocycles. The van der Waals surface area contributed by atoms with Gasteiger partial charge in [0, 0.05) is 51.3 Å². The van der Waals surface area contributed by atoms with Gasteiger partial charge in [-0.15, -0.1) is 11.3 Å². The van der Waals surface area contributed by atoms with Gasteiger partial charge in [0.2, 0.25) is 0 Å². The molecule has 10 heteroatoms. The number of halogens is 3. The minimum absolute atomic E-state index is 0.289. The monoisotopic (exact) mass is 694 g/mol. The standard InChI is InChI=1S/C40H37F3N4O2S/c1-4-6-23-47(24-7-5-2)32-18-17-29(37(25-32)48-3)13-11-12-16-33-19-20-34(50-33)21-22-36-35(28-46)38(30(26-44)27-45)49-39(36,40(41,42)43)31-14-9-8-10-15-31/h8-22,25H,4-7,23-24H2,1-3H3. The Morgan fingerprint density at radius 2 is 1.52 bits per heavy atom. The van der Waals surface area contributed by atoms with E-state index < -0.39 is 34.3 Å². The Morgan fingerprint density at radius 1 is 0.880 bits per heavy atom. The molecule has 2 heterocycles. The number of allylic oxidation sites excluding steroid dienone is 4. The molecular formula is C40H37F3N4O2S. The van der Waals surface area contributed by atoms with Crippen LogP contribution in [0.4, 0.5) is 18.9 Å². The predicted octanol–water partition coefficient (Wildman–Crippen LogP) is 10.5. The Kier molecular flexibility index (Phi) is 12.9. The summed E-state index contributed by atoms with van der Waals surface area (Å²) in [5.41, 5.74) is -3.08. The van der Waals surface area contributed by atoms with Crippen LogP contribution in [-0.2, 0) is 10.3 Å². The van der Waals surface area contributed by atoms with E-state index in [0.717, 1.165) is 60.7 Å². The van der Waals surface area contributed by atoms with Crippen molar-refractivity contribution in [3.63, 3.8) is 0 Å². The minimum atomic E-state index is -5.05. The van der Waals surface area contributed by atoms with E-state index in [4.69, 9.17) is 9.47 Å². The molecule has 1 aliphatic heterocycles. The molecule has 2 aromatic carbocycles. The van der Waals surface area contributed by atoms with Crippen LogP contribution in [0.15, 0.2) is 101 Å². The molecule has 0 radical (unpaired) electrons. The van der Waals surface area contributed by atoms with E-state index in [1.165, 1.54) is 47.8 Å². The van der Waals surface area contributed by atoms with E-state index >= 15 is 13.2 Å². The van der Waals surface area contributed by atoms with Gasteiger partial charge >= 0.3 is 6.18 Å². The topological polar surface area (TPSA) is 93.1 Å². The van der Waals surface area contributed by atoms with Gasteiger partial charge in [0.25, 0.3) is 5.60 Å². The highest BCUT2D eigenvalue weighted by atomic mass is 32.1. The normalized spacial score (nSPS) is 16.1. The molecule has 0 saturated heterocycles. The van der Waals surface area contributed by atoms with E-state index in [1.807, 2.05) is 36.4 Å². The second-order valence-corrected chi connectivity index (χ2v) is 12.5. The SMILES string of the molecule is CCCCN(CCCC)c1ccc(C=CC=Cc2ccc(C=CC3=C(C#N)C(=C(C#N)C#N)OC3(c3ccccc3)C(F)(F)F)s2)c(OC)c1. The van der Waals surface area contributed by atoms with Crippen molar-refractivity contribution in [2.45, 2.75) is 51.3 Å². The third-order valence-corrected chi connectivity index (χ3v) is 9.14. The van der Waals surface area contributed by atoms with Crippen LogP contribution in [0.1, 0.15) is 60.4 Å². The Labute approximate surface area is 295 Å². The first kappa shape index (κ1) is 37.3. The highest BCUT2D eigenvalue weighted by Gasteiger charge is 2.65. The van der Waals surface area contributed by atoms with Crippen molar-refractivity contribution in [1.82, 2.24) is 0 Å². The maximum absolute atomic E-state index is 15.0. The Hall–Kier alpha value is -5.50. The highest BCUT2D eigenvalue weighted by Crippen LogP contribution is 2.56. The van der Waals surface area contributed by atoms with Gasteiger partial charge in [-0.25, -0.2) is 0 Å². The maximum atomic E-state index is 15.0. The number of hydrogen-bond donors (Lipinski definition) is 0. The van der Waals surface area contributed by atoms with Gasteiger partial charge in [0.05, 0.1) is 7.11 Å². The zero-order valence-corrected chi connectivity index (χ0v) is 28.9. The number of anilines is 1. The zero-order valence-electron chi connectivity index (χ0n) is 28.1.